The van der Waals surface area contributed by atoms with Crippen LogP contribution in [0.25, 0.3) is 6.08 Å². The molecule has 7 heteroatoms. The molecule has 1 aliphatic rings. The second kappa shape index (κ2) is 8.68. The van der Waals surface area contributed by atoms with E-state index in [-0.39, 0.29) is 24.8 Å². The molecule has 2 aromatic carbocycles. The first-order valence-corrected chi connectivity index (χ1v) is 8.60. The van der Waals surface area contributed by atoms with Crippen molar-refractivity contribution in [3.63, 3.8) is 0 Å². The van der Waals surface area contributed by atoms with Crippen molar-refractivity contribution < 1.29 is 19.1 Å². The van der Waals surface area contributed by atoms with E-state index >= 15 is 0 Å². The van der Waals surface area contributed by atoms with Crippen LogP contribution in [0.1, 0.15) is 5.56 Å². The molecule has 28 heavy (non-hydrogen) atoms. The van der Waals surface area contributed by atoms with Crippen molar-refractivity contribution in [2.24, 2.45) is 0 Å². The fraction of sp³-hybridized carbons (Fsp3) is 0.0952. The number of amides is 4. The molecule has 0 spiro atoms. The van der Waals surface area contributed by atoms with Crippen molar-refractivity contribution in [2.45, 2.75) is 0 Å². The maximum Gasteiger partial charge on any atom is 0.329 e. The molecule has 2 N–H and O–H groups in total. The molecule has 0 unspecified atom stereocenters. The zero-order valence-electron chi connectivity index (χ0n) is 15.1. The van der Waals surface area contributed by atoms with Crippen LogP contribution in [0, 0.1) is 0 Å². The van der Waals surface area contributed by atoms with E-state index < -0.39 is 11.9 Å². The van der Waals surface area contributed by atoms with Gasteiger partial charge in [-0.05, 0) is 35.9 Å². The van der Waals surface area contributed by atoms with Gasteiger partial charge in [-0.15, -0.1) is 6.58 Å². The fourth-order valence-corrected chi connectivity index (χ4v) is 2.56. The summed E-state index contributed by atoms with van der Waals surface area (Å²) in [6, 6.07) is 15.5. The third-order valence-electron chi connectivity index (χ3n) is 3.89. The average Bonchev–Trinajstić information content (AvgIpc) is 2.96. The van der Waals surface area contributed by atoms with E-state index in [1.165, 1.54) is 6.08 Å². The summed E-state index contributed by atoms with van der Waals surface area (Å²) in [5, 5.41) is 5.26. The lowest BCUT2D eigenvalue weighted by Gasteiger charge is -2.08. The second-order valence-electron chi connectivity index (χ2n) is 5.96. The van der Waals surface area contributed by atoms with Gasteiger partial charge in [-0.1, -0.05) is 36.4 Å². The van der Waals surface area contributed by atoms with Gasteiger partial charge in [0, 0.05) is 12.2 Å². The molecule has 0 radical (unpaired) electrons. The average molecular weight is 377 g/mol. The Hall–Kier alpha value is -3.87. The zero-order chi connectivity index (χ0) is 19.9. The van der Waals surface area contributed by atoms with Crippen molar-refractivity contribution in [3.05, 3.63) is 78.5 Å². The van der Waals surface area contributed by atoms with Crippen LogP contribution in [0.5, 0.6) is 5.75 Å². The van der Waals surface area contributed by atoms with Crippen LogP contribution in [0.2, 0.25) is 0 Å². The highest BCUT2D eigenvalue weighted by atomic mass is 16.5. The number of nitrogens with zero attached hydrogens (tertiary/aromatic N) is 1. The van der Waals surface area contributed by atoms with Gasteiger partial charge >= 0.3 is 6.03 Å². The van der Waals surface area contributed by atoms with Crippen LogP contribution in [-0.4, -0.2) is 35.9 Å². The molecule has 0 aromatic heterocycles. The minimum absolute atomic E-state index is 0.125. The minimum atomic E-state index is -0.472. The molecule has 7 nitrogen and oxygen atoms in total. The van der Waals surface area contributed by atoms with Crippen molar-refractivity contribution in [1.82, 2.24) is 10.2 Å². The Labute approximate surface area is 162 Å². The van der Waals surface area contributed by atoms with E-state index in [4.69, 9.17) is 4.74 Å². The standard InChI is InChI=1S/C21H19N3O4/c1-2-12-24-20(26)18(23-21(24)27)13-15-8-10-17(11-9-15)28-14-19(25)22-16-6-4-3-5-7-16/h2-11,13H,1,12,14H2,(H,22,25)(H,23,27)/b18-13+. The number of benzene rings is 2. The van der Waals surface area contributed by atoms with Crippen LogP contribution in [0.4, 0.5) is 10.5 Å². The number of hydrogen-bond donors (Lipinski definition) is 2. The molecule has 1 heterocycles. The monoisotopic (exact) mass is 377 g/mol. The maximum absolute atomic E-state index is 12.2. The SMILES string of the molecule is C=CCN1C(=O)N/C(=C/c2ccc(OCC(=O)Nc3ccccc3)cc2)C1=O. The molecule has 1 aliphatic heterocycles. The van der Waals surface area contributed by atoms with Gasteiger partial charge in [0.25, 0.3) is 11.8 Å². The number of anilines is 1. The number of para-hydroxylation sites is 1. The Morgan fingerprint density at radius 1 is 1.11 bits per heavy atom. The lowest BCUT2D eigenvalue weighted by molar-refractivity contribution is -0.122. The Balaban J connectivity index is 1.56. The summed E-state index contributed by atoms with van der Waals surface area (Å²) < 4.78 is 5.46. The van der Waals surface area contributed by atoms with E-state index in [9.17, 15) is 14.4 Å². The first kappa shape index (κ1) is 18.9. The molecular formula is C21H19N3O4. The van der Waals surface area contributed by atoms with Crippen LogP contribution >= 0.6 is 0 Å². The molecule has 4 amide bonds. The summed E-state index contributed by atoms with van der Waals surface area (Å²) in [5.74, 6) is -0.151. The molecule has 0 aliphatic carbocycles. The van der Waals surface area contributed by atoms with E-state index in [0.717, 1.165) is 4.90 Å². The van der Waals surface area contributed by atoms with Gasteiger partial charge in [-0.2, -0.15) is 0 Å². The highest BCUT2D eigenvalue weighted by Gasteiger charge is 2.32. The van der Waals surface area contributed by atoms with E-state index in [2.05, 4.69) is 17.2 Å². The van der Waals surface area contributed by atoms with Gasteiger partial charge in [0.1, 0.15) is 11.4 Å². The molecule has 1 saturated heterocycles. The largest absolute Gasteiger partial charge is 0.484 e. The van der Waals surface area contributed by atoms with Crippen LogP contribution in [-0.2, 0) is 9.59 Å². The zero-order valence-corrected chi connectivity index (χ0v) is 15.1. The van der Waals surface area contributed by atoms with Gasteiger partial charge in [-0.25, -0.2) is 4.79 Å². The summed E-state index contributed by atoms with van der Waals surface area (Å²) in [5.41, 5.74) is 1.61. The van der Waals surface area contributed by atoms with Crippen LogP contribution in [0.15, 0.2) is 72.9 Å². The number of ether oxygens (including phenoxy) is 1. The predicted molar refractivity (Wildman–Crippen MR) is 105 cm³/mol. The fourth-order valence-electron chi connectivity index (χ4n) is 2.56. The highest BCUT2D eigenvalue weighted by molar-refractivity contribution is 6.14. The van der Waals surface area contributed by atoms with Gasteiger partial charge in [0.2, 0.25) is 0 Å². The van der Waals surface area contributed by atoms with Gasteiger partial charge in [0.05, 0.1) is 0 Å². The van der Waals surface area contributed by atoms with E-state index in [1.54, 1.807) is 42.5 Å². The topological polar surface area (TPSA) is 87.7 Å². The molecule has 2 aromatic rings. The number of carbonyl (C=O) groups is 3. The first-order valence-electron chi connectivity index (χ1n) is 8.60. The molecule has 142 valence electrons. The lowest BCUT2D eigenvalue weighted by Crippen LogP contribution is -2.30. The Bertz CT molecular complexity index is 920. The van der Waals surface area contributed by atoms with Gasteiger partial charge in [0.15, 0.2) is 6.61 Å². The maximum atomic E-state index is 12.2. The van der Waals surface area contributed by atoms with Crippen LogP contribution in [0.3, 0.4) is 0 Å². The molecule has 0 bridgehead atoms. The molecule has 1 fully saturated rings. The van der Waals surface area contributed by atoms with Crippen LogP contribution < -0.4 is 15.4 Å². The highest BCUT2D eigenvalue weighted by Crippen LogP contribution is 2.17. The first-order chi connectivity index (χ1) is 13.6. The van der Waals surface area contributed by atoms with Gasteiger partial charge < -0.3 is 15.4 Å². The Kier molecular flexibility index (Phi) is 5.86. The summed E-state index contributed by atoms with van der Waals surface area (Å²) in [4.78, 5) is 36.9. The second-order valence-corrected chi connectivity index (χ2v) is 5.96. The number of carbonyl (C=O) groups excluding carboxylic acids is 3. The molecule has 3 rings (SSSR count). The third-order valence-corrected chi connectivity index (χ3v) is 3.89. The third kappa shape index (κ3) is 4.64. The normalized spacial score (nSPS) is 14.7. The van der Waals surface area contributed by atoms with Crippen molar-refractivity contribution in [2.75, 3.05) is 18.5 Å². The van der Waals surface area contributed by atoms with Crippen molar-refractivity contribution in [3.8, 4) is 5.75 Å². The molecule has 0 saturated carbocycles. The summed E-state index contributed by atoms with van der Waals surface area (Å²) in [7, 11) is 0. The predicted octanol–water partition coefficient (Wildman–Crippen LogP) is 2.78. The number of imide groups is 1. The molecule has 0 atom stereocenters. The Morgan fingerprint density at radius 3 is 2.50 bits per heavy atom. The summed E-state index contributed by atoms with van der Waals surface area (Å²) >= 11 is 0. The number of urea groups is 1. The quantitative estimate of drug-likeness (QED) is 0.441. The van der Waals surface area contributed by atoms with E-state index in [0.29, 0.717) is 17.0 Å². The molecular weight excluding hydrogens is 358 g/mol. The number of hydrogen-bond acceptors (Lipinski definition) is 4. The summed E-state index contributed by atoms with van der Waals surface area (Å²) in [6.07, 6.45) is 3.07. The van der Waals surface area contributed by atoms with Crippen molar-refractivity contribution >= 4 is 29.6 Å². The smallest absolute Gasteiger partial charge is 0.329 e. The number of rotatable bonds is 7. The lowest BCUT2D eigenvalue weighted by atomic mass is 10.2. The van der Waals surface area contributed by atoms with Crippen molar-refractivity contribution in [1.29, 1.82) is 0 Å². The summed E-state index contributed by atoms with van der Waals surface area (Å²) in [6.45, 7) is 3.56. The number of nitrogens with one attached hydrogen (secondary N) is 2. The van der Waals surface area contributed by atoms with E-state index in [1.807, 2.05) is 18.2 Å². The van der Waals surface area contributed by atoms with Gasteiger partial charge in [-0.3, -0.25) is 14.5 Å². The Morgan fingerprint density at radius 2 is 1.82 bits per heavy atom. The minimum Gasteiger partial charge on any atom is -0.484 e.